The third-order valence-corrected chi connectivity index (χ3v) is 3.89. The number of aromatic nitrogens is 2. The molecule has 0 amide bonds. The van der Waals surface area contributed by atoms with Crippen molar-refractivity contribution in [1.82, 2.24) is 9.97 Å². The maximum Gasteiger partial charge on any atom is 0.191 e. The lowest BCUT2D eigenvalue weighted by Gasteiger charge is -2.09. The van der Waals surface area contributed by atoms with E-state index in [0.717, 1.165) is 12.0 Å². The van der Waals surface area contributed by atoms with Crippen molar-refractivity contribution in [3.05, 3.63) is 39.9 Å². The molecule has 0 bridgehead atoms. The Kier molecular flexibility index (Phi) is 5.93. The van der Waals surface area contributed by atoms with Crippen molar-refractivity contribution < 1.29 is 0 Å². The first-order valence-corrected chi connectivity index (χ1v) is 8.18. The monoisotopic (exact) mass is 343 g/mol. The van der Waals surface area contributed by atoms with Crippen LogP contribution in [0, 0.1) is 0 Å². The molecule has 8 heteroatoms. The van der Waals surface area contributed by atoms with Crippen LogP contribution < -0.4 is 16.6 Å². The smallest absolute Gasteiger partial charge is 0.191 e. The van der Waals surface area contributed by atoms with Crippen molar-refractivity contribution in [3.8, 4) is 0 Å². The van der Waals surface area contributed by atoms with Gasteiger partial charge in [0.1, 0.15) is 11.6 Å². The molecule has 1 aromatic carbocycles. The first-order valence-electron chi connectivity index (χ1n) is 6.20. The summed E-state index contributed by atoms with van der Waals surface area (Å²) in [5.41, 5.74) is 3.56. The fourth-order valence-electron chi connectivity index (χ4n) is 1.73. The van der Waals surface area contributed by atoms with E-state index in [1.807, 2.05) is 18.4 Å². The molecular weight excluding hydrogens is 329 g/mol. The molecule has 0 aliphatic rings. The molecule has 2 aromatic rings. The van der Waals surface area contributed by atoms with Gasteiger partial charge in [-0.25, -0.2) is 15.8 Å². The summed E-state index contributed by atoms with van der Waals surface area (Å²) in [4.78, 5) is 8.56. The highest BCUT2D eigenvalue weighted by Crippen LogP contribution is 2.22. The van der Waals surface area contributed by atoms with Crippen LogP contribution in [0.5, 0.6) is 0 Å². The van der Waals surface area contributed by atoms with E-state index in [-0.39, 0.29) is 0 Å². The van der Waals surface area contributed by atoms with Crippen LogP contribution in [0.2, 0.25) is 10.0 Å². The molecule has 1 heterocycles. The molecule has 0 spiro atoms. The van der Waals surface area contributed by atoms with E-state index in [4.69, 9.17) is 29.0 Å². The summed E-state index contributed by atoms with van der Waals surface area (Å²) in [6.45, 7) is 0.691. The minimum absolute atomic E-state index is 0.571. The predicted octanol–water partition coefficient (Wildman–Crippen LogP) is 3.45. The SMILES string of the molecule is CSc1nc(NN)cc(NCCc2ccc(Cl)cc2Cl)n1. The summed E-state index contributed by atoms with van der Waals surface area (Å²) >= 11 is 13.5. The van der Waals surface area contributed by atoms with Crippen LogP contribution in [-0.4, -0.2) is 22.8 Å². The quantitative estimate of drug-likeness (QED) is 0.323. The molecule has 0 saturated carbocycles. The van der Waals surface area contributed by atoms with Crippen LogP contribution in [0.25, 0.3) is 0 Å². The van der Waals surface area contributed by atoms with E-state index in [2.05, 4.69) is 20.7 Å². The fourth-order valence-corrected chi connectivity index (χ4v) is 2.61. The van der Waals surface area contributed by atoms with Gasteiger partial charge < -0.3 is 10.7 Å². The van der Waals surface area contributed by atoms with Crippen molar-refractivity contribution in [2.45, 2.75) is 11.6 Å². The number of rotatable bonds is 6. The van der Waals surface area contributed by atoms with Crippen molar-refractivity contribution in [2.24, 2.45) is 5.84 Å². The number of hydrazine groups is 1. The zero-order valence-corrected chi connectivity index (χ0v) is 13.7. The van der Waals surface area contributed by atoms with Gasteiger partial charge in [-0.3, -0.25) is 0 Å². The Morgan fingerprint density at radius 3 is 2.62 bits per heavy atom. The van der Waals surface area contributed by atoms with Gasteiger partial charge in [0, 0.05) is 22.7 Å². The Balaban J connectivity index is 1.99. The number of nitrogen functional groups attached to an aromatic ring is 1. The van der Waals surface area contributed by atoms with E-state index in [0.29, 0.717) is 33.4 Å². The van der Waals surface area contributed by atoms with Crippen LogP contribution in [0.1, 0.15) is 5.56 Å². The van der Waals surface area contributed by atoms with Crippen LogP contribution in [-0.2, 0) is 6.42 Å². The van der Waals surface area contributed by atoms with E-state index in [9.17, 15) is 0 Å². The summed E-state index contributed by atoms with van der Waals surface area (Å²) in [6.07, 6.45) is 2.67. The number of benzene rings is 1. The predicted molar refractivity (Wildman–Crippen MR) is 90.3 cm³/mol. The molecule has 5 nitrogen and oxygen atoms in total. The van der Waals surface area contributed by atoms with Gasteiger partial charge in [0.15, 0.2) is 5.16 Å². The lowest BCUT2D eigenvalue weighted by Crippen LogP contribution is -2.12. The third kappa shape index (κ3) is 4.64. The topological polar surface area (TPSA) is 75.9 Å². The Labute approximate surface area is 137 Å². The summed E-state index contributed by atoms with van der Waals surface area (Å²) in [5, 5.41) is 5.19. The van der Waals surface area contributed by atoms with Crippen LogP contribution >= 0.6 is 35.0 Å². The van der Waals surface area contributed by atoms with Crippen molar-refractivity contribution in [2.75, 3.05) is 23.5 Å². The van der Waals surface area contributed by atoms with Gasteiger partial charge in [0.2, 0.25) is 0 Å². The van der Waals surface area contributed by atoms with E-state index >= 15 is 0 Å². The maximum absolute atomic E-state index is 6.14. The number of thioether (sulfide) groups is 1. The largest absolute Gasteiger partial charge is 0.370 e. The van der Waals surface area contributed by atoms with E-state index in [1.165, 1.54) is 11.8 Å². The van der Waals surface area contributed by atoms with Crippen LogP contribution in [0.15, 0.2) is 29.4 Å². The third-order valence-electron chi connectivity index (χ3n) is 2.75. The highest BCUT2D eigenvalue weighted by Gasteiger charge is 2.04. The lowest BCUT2D eigenvalue weighted by molar-refractivity contribution is 0.939. The first kappa shape index (κ1) is 16.2. The number of anilines is 2. The standard InChI is InChI=1S/C13H15Cl2N5S/c1-21-13-18-11(7-12(19-13)20-16)17-5-4-8-2-3-9(14)6-10(8)15/h2-3,6-7H,4-5,16H2,1H3,(H2,17,18,19,20). The number of nitrogens with two attached hydrogens (primary N) is 1. The molecular formula is C13H15Cl2N5S. The van der Waals surface area contributed by atoms with E-state index < -0.39 is 0 Å². The summed E-state index contributed by atoms with van der Waals surface area (Å²) in [7, 11) is 0. The molecule has 0 saturated heterocycles. The van der Waals surface area contributed by atoms with Crippen molar-refractivity contribution in [3.63, 3.8) is 0 Å². The molecule has 4 N–H and O–H groups in total. The minimum Gasteiger partial charge on any atom is -0.370 e. The number of nitrogens with one attached hydrogen (secondary N) is 2. The normalized spacial score (nSPS) is 10.5. The second-order valence-electron chi connectivity index (χ2n) is 4.18. The van der Waals surface area contributed by atoms with Gasteiger partial charge in [-0.1, -0.05) is 41.0 Å². The van der Waals surface area contributed by atoms with Gasteiger partial charge in [0.05, 0.1) is 0 Å². The summed E-state index contributed by atoms with van der Waals surface area (Å²) in [6, 6.07) is 7.25. The highest BCUT2D eigenvalue weighted by atomic mass is 35.5. The molecule has 1 aromatic heterocycles. The lowest BCUT2D eigenvalue weighted by atomic mass is 10.1. The molecule has 21 heavy (non-hydrogen) atoms. The number of halogens is 2. The molecule has 0 unspecified atom stereocenters. The van der Waals surface area contributed by atoms with Crippen LogP contribution in [0.4, 0.5) is 11.6 Å². The first-order chi connectivity index (χ1) is 10.1. The second kappa shape index (κ2) is 7.70. The molecule has 0 fully saturated rings. The molecule has 2 rings (SSSR count). The number of nitrogens with zero attached hydrogens (tertiary/aromatic N) is 2. The van der Waals surface area contributed by atoms with Gasteiger partial charge in [-0.05, 0) is 30.4 Å². The zero-order chi connectivity index (χ0) is 15.2. The average Bonchev–Trinajstić information content (AvgIpc) is 2.49. The van der Waals surface area contributed by atoms with Gasteiger partial charge in [-0.2, -0.15) is 0 Å². The molecule has 0 aliphatic carbocycles. The van der Waals surface area contributed by atoms with Gasteiger partial charge >= 0.3 is 0 Å². The molecule has 0 radical (unpaired) electrons. The average molecular weight is 344 g/mol. The van der Waals surface area contributed by atoms with Crippen molar-refractivity contribution >= 4 is 46.6 Å². The van der Waals surface area contributed by atoms with Gasteiger partial charge in [-0.15, -0.1) is 0 Å². The Bertz CT molecular complexity index is 601. The molecule has 112 valence electrons. The fraction of sp³-hybridized carbons (Fsp3) is 0.231. The Morgan fingerprint density at radius 1 is 1.19 bits per heavy atom. The van der Waals surface area contributed by atoms with E-state index in [1.54, 1.807) is 12.1 Å². The highest BCUT2D eigenvalue weighted by molar-refractivity contribution is 7.98. The van der Waals surface area contributed by atoms with Crippen LogP contribution in [0.3, 0.4) is 0 Å². The maximum atomic E-state index is 6.14. The zero-order valence-electron chi connectivity index (χ0n) is 11.4. The Hall–Kier alpha value is -1.21. The minimum atomic E-state index is 0.571. The summed E-state index contributed by atoms with van der Waals surface area (Å²) in [5.74, 6) is 6.67. The number of hydrogen-bond donors (Lipinski definition) is 3. The van der Waals surface area contributed by atoms with Crippen molar-refractivity contribution in [1.29, 1.82) is 0 Å². The molecule has 0 atom stereocenters. The molecule has 0 aliphatic heterocycles. The Morgan fingerprint density at radius 2 is 1.95 bits per heavy atom. The van der Waals surface area contributed by atoms with Gasteiger partial charge in [0.25, 0.3) is 0 Å². The number of hydrogen-bond acceptors (Lipinski definition) is 6. The second-order valence-corrected chi connectivity index (χ2v) is 5.80. The summed E-state index contributed by atoms with van der Waals surface area (Å²) < 4.78 is 0.